The van der Waals surface area contributed by atoms with Crippen LogP contribution in [0.1, 0.15) is 36.5 Å². The molecule has 0 heterocycles. The van der Waals surface area contributed by atoms with Crippen LogP contribution in [0.2, 0.25) is 5.02 Å². The lowest BCUT2D eigenvalue weighted by molar-refractivity contribution is 0.0373. The molecule has 1 aromatic rings. The summed E-state index contributed by atoms with van der Waals surface area (Å²) in [6.07, 6.45) is 4.48. The zero-order valence-corrected chi connectivity index (χ0v) is 15.6. The molecule has 0 aliphatic heterocycles. The molecule has 4 heteroatoms. The maximum atomic E-state index is 12.6. The fraction of sp³-hybridized carbons (Fsp3) is 0.667. The summed E-state index contributed by atoms with van der Waals surface area (Å²) in [4.78, 5) is 12.6. The van der Waals surface area contributed by atoms with Crippen molar-refractivity contribution in [2.24, 2.45) is 47.3 Å². The molecule has 0 aromatic heterocycles. The first-order valence-corrected chi connectivity index (χ1v) is 10.1. The molecule has 4 bridgehead atoms. The second-order valence-corrected chi connectivity index (χ2v) is 9.22. The van der Waals surface area contributed by atoms with Crippen molar-refractivity contribution in [3.05, 3.63) is 28.8 Å². The first kappa shape index (κ1) is 16.0. The summed E-state index contributed by atoms with van der Waals surface area (Å²) in [5.74, 6) is 7.93. The Morgan fingerprint density at radius 1 is 1.24 bits per heavy atom. The molecule has 0 radical (unpaired) electrons. The zero-order valence-electron chi connectivity index (χ0n) is 14.9. The van der Waals surface area contributed by atoms with E-state index in [0.717, 1.165) is 48.0 Å². The van der Waals surface area contributed by atoms with E-state index in [0.29, 0.717) is 22.3 Å². The number of nitrogens with one attached hydrogen (secondary N) is 1. The van der Waals surface area contributed by atoms with Crippen LogP contribution in [-0.2, 0) is 0 Å². The number of rotatable bonds is 5. The highest BCUT2D eigenvalue weighted by Gasteiger charge is 2.69. The molecule has 0 saturated heterocycles. The predicted octanol–water partition coefficient (Wildman–Crippen LogP) is 4.25. The number of ether oxygens (including phenoxy) is 1. The van der Waals surface area contributed by atoms with Gasteiger partial charge in [0.15, 0.2) is 0 Å². The van der Waals surface area contributed by atoms with Crippen LogP contribution >= 0.6 is 11.6 Å². The lowest BCUT2D eigenvalue weighted by Gasteiger charge is -2.44. The minimum Gasteiger partial charge on any atom is -0.497 e. The second kappa shape index (κ2) is 5.64. The molecule has 4 aliphatic carbocycles. The Kier molecular flexibility index (Phi) is 3.61. The smallest absolute Gasteiger partial charge is 0.252 e. The van der Waals surface area contributed by atoms with Gasteiger partial charge in [-0.2, -0.15) is 0 Å². The number of amides is 1. The van der Waals surface area contributed by atoms with Gasteiger partial charge in [-0.25, -0.2) is 0 Å². The molecular formula is C21H26ClNO2. The van der Waals surface area contributed by atoms with Crippen molar-refractivity contribution >= 4 is 17.5 Å². The normalized spacial score (nSPS) is 40.7. The average Bonchev–Trinajstić information content (AvgIpc) is 3.31. The van der Waals surface area contributed by atoms with Crippen LogP contribution in [0, 0.1) is 47.3 Å². The molecule has 3 nitrogen and oxygen atoms in total. The standard InChI is InChI=1S/C21H26ClNO2/c1-10(9-23-21(24)17-7-12(25-2)3-4-18(17)22)19-15-8-16-14-6-11(20(16)19)5-13(14)15/h3-4,7,10-11,13-16,19-20H,5-6,8-9H2,1-2H3,(H,23,24). The third-order valence-corrected chi connectivity index (χ3v) is 8.31. The molecule has 1 aromatic carbocycles. The zero-order chi connectivity index (χ0) is 17.3. The van der Waals surface area contributed by atoms with Crippen LogP contribution in [0.15, 0.2) is 18.2 Å². The van der Waals surface area contributed by atoms with Crippen molar-refractivity contribution in [1.29, 1.82) is 0 Å². The minimum absolute atomic E-state index is 0.0895. The fourth-order valence-electron chi connectivity index (χ4n) is 7.32. The number of fused-ring (bicyclic) bond motifs is 4. The topological polar surface area (TPSA) is 38.3 Å². The first-order valence-electron chi connectivity index (χ1n) is 9.70. The first-order chi connectivity index (χ1) is 12.1. The summed E-state index contributed by atoms with van der Waals surface area (Å²) >= 11 is 6.20. The van der Waals surface area contributed by atoms with Gasteiger partial charge in [0, 0.05) is 6.54 Å². The van der Waals surface area contributed by atoms with Gasteiger partial charge in [0.25, 0.3) is 5.91 Å². The predicted molar refractivity (Wildman–Crippen MR) is 97.8 cm³/mol. The summed E-state index contributed by atoms with van der Waals surface area (Å²) in [6.45, 7) is 3.09. The molecule has 1 N–H and O–H groups in total. The lowest BCUT2D eigenvalue weighted by atomic mass is 9.61. The quantitative estimate of drug-likeness (QED) is 0.853. The van der Waals surface area contributed by atoms with Crippen LogP contribution in [-0.4, -0.2) is 19.6 Å². The largest absolute Gasteiger partial charge is 0.497 e. The number of methoxy groups -OCH3 is 1. The van der Waals surface area contributed by atoms with Crippen molar-refractivity contribution in [1.82, 2.24) is 5.32 Å². The Bertz CT molecular complexity index is 716. The van der Waals surface area contributed by atoms with E-state index >= 15 is 0 Å². The Balaban J connectivity index is 1.26. The monoisotopic (exact) mass is 359 g/mol. The summed E-state index contributed by atoms with van der Waals surface area (Å²) in [6, 6.07) is 5.22. The molecule has 4 fully saturated rings. The van der Waals surface area contributed by atoms with Gasteiger partial charge in [-0.05, 0) is 84.8 Å². The molecular weight excluding hydrogens is 334 g/mol. The highest BCUT2D eigenvalue weighted by atomic mass is 35.5. The Morgan fingerprint density at radius 3 is 2.72 bits per heavy atom. The highest BCUT2D eigenvalue weighted by molar-refractivity contribution is 6.33. The van der Waals surface area contributed by atoms with Gasteiger partial charge in [-0.15, -0.1) is 0 Å². The van der Waals surface area contributed by atoms with Crippen LogP contribution < -0.4 is 10.1 Å². The van der Waals surface area contributed by atoms with Crippen LogP contribution in [0.25, 0.3) is 0 Å². The number of hydrogen-bond donors (Lipinski definition) is 1. The Hall–Kier alpha value is -1.22. The van der Waals surface area contributed by atoms with Gasteiger partial charge in [0.2, 0.25) is 0 Å². The number of carbonyl (C=O) groups is 1. The molecule has 25 heavy (non-hydrogen) atoms. The van der Waals surface area contributed by atoms with Gasteiger partial charge < -0.3 is 10.1 Å². The van der Waals surface area contributed by atoms with Crippen molar-refractivity contribution in [2.75, 3.05) is 13.7 Å². The Labute approximate surface area is 154 Å². The van der Waals surface area contributed by atoms with Crippen LogP contribution in [0.5, 0.6) is 5.75 Å². The van der Waals surface area contributed by atoms with E-state index in [1.165, 1.54) is 19.3 Å². The molecule has 5 rings (SSSR count). The molecule has 4 saturated carbocycles. The van der Waals surface area contributed by atoms with E-state index < -0.39 is 0 Å². The summed E-state index contributed by atoms with van der Waals surface area (Å²) < 4.78 is 5.21. The summed E-state index contributed by atoms with van der Waals surface area (Å²) in [5.41, 5.74) is 0.505. The van der Waals surface area contributed by atoms with Gasteiger partial charge >= 0.3 is 0 Å². The molecule has 134 valence electrons. The van der Waals surface area contributed by atoms with E-state index in [1.807, 2.05) is 0 Å². The minimum atomic E-state index is -0.0895. The average molecular weight is 360 g/mol. The maximum absolute atomic E-state index is 12.6. The summed E-state index contributed by atoms with van der Waals surface area (Å²) in [5, 5.41) is 3.61. The maximum Gasteiger partial charge on any atom is 0.252 e. The van der Waals surface area contributed by atoms with Crippen LogP contribution in [0.3, 0.4) is 0 Å². The number of hydrogen-bond acceptors (Lipinski definition) is 2. The van der Waals surface area contributed by atoms with E-state index in [4.69, 9.17) is 16.3 Å². The second-order valence-electron chi connectivity index (χ2n) is 8.81. The molecule has 1 amide bonds. The fourth-order valence-corrected chi connectivity index (χ4v) is 7.52. The Morgan fingerprint density at radius 2 is 2.00 bits per heavy atom. The van der Waals surface area contributed by atoms with Gasteiger partial charge in [-0.1, -0.05) is 18.5 Å². The van der Waals surface area contributed by atoms with Crippen LogP contribution in [0.4, 0.5) is 0 Å². The van der Waals surface area contributed by atoms with Gasteiger partial charge in [-0.3, -0.25) is 4.79 Å². The van der Waals surface area contributed by atoms with Crippen molar-refractivity contribution in [3.8, 4) is 5.75 Å². The van der Waals surface area contributed by atoms with E-state index in [2.05, 4.69) is 12.2 Å². The summed E-state index contributed by atoms with van der Waals surface area (Å²) in [7, 11) is 1.60. The van der Waals surface area contributed by atoms with Crippen molar-refractivity contribution in [3.63, 3.8) is 0 Å². The van der Waals surface area contributed by atoms with E-state index in [1.54, 1.807) is 25.3 Å². The van der Waals surface area contributed by atoms with E-state index in [-0.39, 0.29) is 5.91 Å². The molecule has 4 aliphatic rings. The number of carbonyl (C=O) groups excluding carboxylic acids is 1. The van der Waals surface area contributed by atoms with Gasteiger partial charge in [0.1, 0.15) is 5.75 Å². The van der Waals surface area contributed by atoms with E-state index in [9.17, 15) is 4.79 Å². The SMILES string of the molecule is COc1ccc(Cl)c(C(=O)NCC(C)C2C3CC4C5CC(CC53)C42)c1. The van der Waals surface area contributed by atoms with Crippen molar-refractivity contribution in [2.45, 2.75) is 26.2 Å². The number of halogens is 1. The molecule has 8 atom stereocenters. The van der Waals surface area contributed by atoms with Crippen molar-refractivity contribution < 1.29 is 9.53 Å². The highest BCUT2D eigenvalue weighted by Crippen LogP contribution is 2.75. The number of benzene rings is 1. The van der Waals surface area contributed by atoms with Gasteiger partial charge in [0.05, 0.1) is 17.7 Å². The molecule has 8 unspecified atom stereocenters. The third kappa shape index (κ3) is 2.21. The third-order valence-electron chi connectivity index (χ3n) is 7.98. The lowest BCUT2D eigenvalue weighted by Crippen LogP contribution is -2.43. The molecule has 0 spiro atoms.